The van der Waals surface area contributed by atoms with Crippen LogP contribution in [-0.2, 0) is 0 Å². The van der Waals surface area contributed by atoms with Gasteiger partial charge in [-0.25, -0.2) is 0 Å². The Kier molecular flexibility index (Phi) is 7.14. The van der Waals surface area contributed by atoms with Gasteiger partial charge in [0.1, 0.15) is 0 Å². The van der Waals surface area contributed by atoms with E-state index in [9.17, 15) is 0 Å². The van der Waals surface area contributed by atoms with Crippen molar-refractivity contribution in [2.24, 2.45) is 0 Å². The van der Waals surface area contributed by atoms with Crippen LogP contribution < -0.4 is 4.90 Å². The maximum Gasteiger partial charge on any atom is 0.0701 e. The average Bonchev–Trinajstić information content (AvgIpc) is 3.56. The summed E-state index contributed by atoms with van der Waals surface area (Å²) in [7, 11) is 0. The highest BCUT2D eigenvalue weighted by Crippen LogP contribution is 2.43. The Balaban J connectivity index is 1.15. The number of para-hydroxylation sites is 2. The third-order valence-corrected chi connectivity index (χ3v) is 10.2. The van der Waals surface area contributed by atoms with E-state index in [4.69, 9.17) is 0 Å². The lowest BCUT2D eigenvalue weighted by atomic mass is 10.00. The highest BCUT2D eigenvalue weighted by atomic mass is 15.1. The zero-order valence-corrected chi connectivity index (χ0v) is 28.4. The van der Waals surface area contributed by atoms with Gasteiger partial charge in [-0.3, -0.25) is 4.98 Å². The van der Waals surface area contributed by atoms with E-state index in [0.717, 1.165) is 34.0 Å². The highest BCUT2D eigenvalue weighted by Gasteiger charge is 2.20. The van der Waals surface area contributed by atoms with Gasteiger partial charge in [-0.1, -0.05) is 127 Å². The smallest absolute Gasteiger partial charge is 0.0701 e. The molecule has 10 aromatic rings. The molecule has 0 bridgehead atoms. The number of hydrogen-bond donors (Lipinski definition) is 0. The molecule has 0 N–H and O–H groups in total. The molecule has 0 spiro atoms. The molecule has 0 fully saturated rings. The van der Waals surface area contributed by atoms with Crippen molar-refractivity contribution >= 4 is 60.4 Å². The Hall–Kier alpha value is -6.97. The molecule has 10 rings (SSSR count). The fourth-order valence-corrected chi connectivity index (χ4v) is 7.75. The number of nitrogens with zero attached hydrogens (tertiary/aromatic N) is 3. The summed E-state index contributed by atoms with van der Waals surface area (Å²) >= 11 is 0. The number of aromatic nitrogens is 2. The minimum Gasteiger partial charge on any atom is -0.310 e. The van der Waals surface area contributed by atoms with Crippen molar-refractivity contribution in [3.8, 4) is 28.1 Å². The van der Waals surface area contributed by atoms with Gasteiger partial charge in [0, 0.05) is 44.7 Å². The summed E-state index contributed by atoms with van der Waals surface area (Å²) in [5.74, 6) is 0. The molecule has 52 heavy (non-hydrogen) atoms. The Labute approximate surface area is 302 Å². The molecule has 3 heteroatoms. The second kappa shape index (κ2) is 12.4. The predicted octanol–water partition coefficient (Wildman–Crippen LogP) is 13.3. The molecule has 0 aliphatic carbocycles. The highest BCUT2D eigenvalue weighted by molar-refractivity contribution is 6.12. The Morgan fingerprint density at radius 1 is 0.385 bits per heavy atom. The first-order chi connectivity index (χ1) is 25.8. The molecule has 0 aliphatic heterocycles. The van der Waals surface area contributed by atoms with E-state index in [1.165, 1.54) is 54.5 Å². The molecule has 0 radical (unpaired) electrons. The quantitative estimate of drug-likeness (QED) is 0.177. The first-order valence-electron chi connectivity index (χ1n) is 17.7. The fraction of sp³-hybridized carbons (Fsp3) is 0. The number of anilines is 3. The zero-order chi connectivity index (χ0) is 34.4. The van der Waals surface area contributed by atoms with Crippen LogP contribution in [0.25, 0.3) is 71.4 Å². The van der Waals surface area contributed by atoms with E-state index >= 15 is 0 Å². The first-order valence-corrected chi connectivity index (χ1v) is 17.7. The fourth-order valence-electron chi connectivity index (χ4n) is 7.75. The molecule has 244 valence electrons. The predicted molar refractivity (Wildman–Crippen MR) is 219 cm³/mol. The zero-order valence-electron chi connectivity index (χ0n) is 28.4. The van der Waals surface area contributed by atoms with Crippen molar-refractivity contribution in [2.75, 3.05) is 4.90 Å². The Morgan fingerprint density at radius 3 is 1.62 bits per heavy atom. The normalized spacial score (nSPS) is 11.5. The molecule has 3 nitrogen and oxygen atoms in total. The van der Waals surface area contributed by atoms with Crippen molar-refractivity contribution in [3.05, 3.63) is 200 Å². The van der Waals surface area contributed by atoms with Gasteiger partial charge in [-0.05, 0) is 88.6 Å². The van der Waals surface area contributed by atoms with Gasteiger partial charge in [0.2, 0.25) is 0 Å². The molecule has 0 saturated carbocycles. The summed E-state index contributed by atoms with van der Waals surface area (Å²) in [5.41, 5.74) is 11.3. The molecule has 0 atom stereocenters. The van der Waals surface area contributed by atoms with Crippen molar-refractivity contribution in [2.45, 2.75) is 0 Å². The van der Waals surface area contributed by atoms with Gasteiger partial charge in [0.05, 0.1) is 28.1 Å². The maximum atomic E-state index is 4.60. The van der Waals surface area contributed by atoms with Crippen LogP contribution in [0.4, 0.5) is 17.1 Å². The van der Waals surface area contributed by atoms with E-state index in [1.54, 1.807) is 0 Å². The molecule has 2 aromatic heterocycles. The third-order valence-electron chi connectivity index (χ3n) is 10.2. The van der Waals surface area contributed by atoms with Gasteiger partial charge < -0.3 is 9.47 Å². The molecule has 0 aliphatic rings. The molecule has 0 saturated heterocycles. The number of fused-ring (bicyclic) bond motifs is 5. The van der Waals surface area contributed by atoms with Crippen LogP contribution in [0.1, 0.15) is 0 Å². The van der Waals surface area contributed by atoms with Gasteiger partial charge in [0.25, 0.3) is 0 Å². The largest absolute Gasteiger partial charge is 0.310 e. The summed E-state index contributed by atoms with van der Waals surface area (Å²) in [5, 5.41) is 7.37. The van der Waals surface area contributed by atoms with E-state index in [0.29, 0.717) is 0 Å². The van der Waals surface area contributed by atoms with Crippen molar-refractivity contribution in [3.63, 3.8) is 0 Å². The van der Waals surface area contributed by atoms with Crippen LogP contribution in [0.3, 0.4) is 0 Å². The molecule has 0 unspecified atom stereocenters. The topological polar surface area (TPSA) is 21.1 Å². The van der Waals surface area contributed by atoms with Gasteiger partial charge in [-0.2, -0.15) is 0 Å². The van der Waals surface area contributed by atoms with E-state index in [1.807, 2.05) is 18.3 Å². The third kappa shape index (κ3) is 5.02. The molecular weight excluding hydrogens is 631 g/mol. The van der Waals surface area contributed by atoms with Gasteiger partial charge in [0.15, 0.2) is 0 Å². The first kappa shape index (κ1) is 29.9. The second-order valence-electron chi connectivity index (χ2n) is 13.2. The van der Waals surface area contributed by atoms with Crippen LogP contribution in [0, 0.1) is 0 Å². The minimum absolute atomic E-state index is 0.960. The molecule has 8 aromatic carbocycles. The Bertz CT molecular complexity index is 2830. The average molecular weight is 664 g/mol. The second-order valence-corrected chi connectivity index (χ2v) is 13.2. The lowest BCUT2D eigenvalue weighted by Crippen LogP contribution is -2.11. The van der Waals surface area contributed by atoms with E-state index in [-0.39, 0.29) is 0 Å². The van der Waals surface area contributed by atoms with Crippen LogP contribution in [0.15, 0.2) is 200 Å². The van der Waals surface area contributed by atoms with E-state index < -0.39 is 0 Å². The van der Waals surface area contributed by atoms with Crippen LogP contribution in [0.2, 0.25) is 0 Å². The van der Waals surface area contributed by atoms with Crippen molar-refractivity contribution in [1.82, 2.24) is 9.55 Å². The summed E-state index contributed by atoms with van der Waals surface area (Å²) < 4.78 is 2.42. The van der Waals surface area contributed by atoms with Crippen molar-refractivity contribution < 1.29 is 0 Å². The van der Waals surface area contributed by atoms with Gasteiger partial charge >= 0.3 is 0 Å². The molecular formula is C49H33N3. The number of pyridine rings is 1. The number of hydrogen-bond acceptors (Lipinski definition) is 2. The SMILES string of the molecule is c1ccc(-c2ccc(N(c3ccc(-c4ccc5ccccc5c4)cc3)c3ccc(-n4c5ccccc5c5ccccc54)c4ccccc34)cc2)nc1. The standard InChI is InChI=1S/C49H33N3/c1-2-12-37-33-38(21-20-34(37)11-1)35-22-26-39(27-23-35)51(40-28-24-36(25-29-40)45-17-9-10-32-50-45)48-30-31-49(44-14-4-3-13-43(44)48)52-46-18-7-5-15-41(46)42-16-6-8-19-47(42)52/h1-33H. The van der Waals surface area contributed by atoms with Crippen LogP contribution in [0.5, 0.6) is 0 Å². The lowest BCUT2D eigenvalue weighted by molar-refractivity contribution is 1.19. The minimum atomic E-state index is 0.960. The molecule has 2 heterocycles. The lowest BCUT2D eigenvalue weighted by Gasteiger charge is -2.28. The number of benzene rings is 8. The Morgan fingerprint density at radius 2 is 0.942 bits per heavy atom. The van der Waals surface area contributed by atoms with Crippen molar-refractivity contribution in [1.29, 1.82) is 0 Å². The molecule has 0 amide bonds. The summed E-state index contributed by atoms with van der Waals surface area (Å²) in [6, 6.07) is 69.8. The van der Waals surface area contributed by atoms with Gasteiger partial charge in [-0.15, -0.1) is 0 Å². The number of rotatable bonds is 6. The summed E-state index contributed by atoms with van der Waals surface area (Å²) in [6.45, 7) is 0. The van der Waals surface area contributed by atoms with Crippen LogP contribution >= 0.6 is 0 Å². The maximum absolute atomic E-state index is 4.60. The monoisotopic (exact) mass is 663 g/mol. The van der Waals surface area contributed by atoms with Crippen LogP contribution in [-0.4, -0.2) is 9.55 Å². The van der Waals surface area contributed by atoms with E-state index in [2.05, 4.69) is 196 Å². The summed E-state index contributed by atoms with van der Waals surface area (Å²) in [6.07, 6.45) is 1.84. The summed E-state index contributed by atoms with van der Waals surface area (Å²) in [4.78, 5) is 6.98.